The second kappa shape index (κ2) is 5.16. The van der Waals surface area contributed by atoms with Crippen LogP contribution in [0.1, 0.15) is 5.56 Å². The number of hydrogen-bond acceptors (Lipinski definition) is 4. The van der Waals surface area contributed by atoms with E-state index in [-0.39, 0.29) is 24.8 Å². The van der Waals surface area contributed by atoms with Crippen LogP contribution in [0.25, 0.3) is 0 Å². The summed E-state index contributed by atoms with van der Waals surface area (Å²) in [7, 11) is 0. The van der Waals surface area contributed by atoms with Crippen molar-refractivity contribution in [1.82, 2.24) is 4.90 Å². The van der Waals surface area contributed by atoms with Crippen LogP contribution in [0.15, 0.2) is 30.3 Å². The normalized spacial score (nSPS) is 23.8. The highest BCUT2D eigenvalue weighted by Gasteiger charge is 2.31. The van der Waals surface area contributed by atoms with Gasteiger partial charge in [-0.2, -0.15) is 0 Å². The molecule has 0 aliphatic carbocycles. The number of carbonyl (C=O) groups excluding carboxylic acids is 1. The third kappa shape index (κ3) is 2.95. The van der Waals surface area contributed by atoms with Crippen LogP contribution < -0.4 is 11.5 Å². The standard InChI is InChI=1S/C12H17N3O2/c13-10-6-15(7-11(10)14)12(16)17-8-9-4-2-1-3-5-9/h1-5,10-11H,6-8,13-14H2. The van der Waals surface area contributed by atoms with Crippen molar-refractivity contribution in [1.29, 1.82) is 0 Å². The molecular formula is C12H17N3O2. The third-order valence-electron chi connectivity index (χ3n) is 2.88. The molecule has 1 aromatic carbocycles. The van der Waals surface area contributed by atoms with E-state index in [1.165, 1.54) is 0 Å². The second-order valence-corrected chi connectivity index (χ2v) is 4.27. The minimum absolute atomic E-state index is 0.153. The lowest BCUT2D eigenvalue weighted by Crippen LogP contribution is -2.39. The van der Waals surface area contributed by atoms with E-state index in [0.29, 0.717) is 13.1 Å². The Kier molecular flexibility index (Phi) is 3.61. The molecule has 2 unspecified atom stereocenters. The number of amides is 1. The Labute approximate surface area is 100 Å². The van der Waals surface area contributed by atoms with E-state index < -0.39 is 0 Å². The predicted octanol–water partition coefficient (Wildman–Crippen LogP) is 0.293. The molecule has 0 saturated carbocycles. The molecule has 1 aliphatic rings. The van der Waals surface area contributed by atoms with Crippen molar-refractivity contribution in [3.8, 4) is 0 Å². The number of ether oxygens (including phenoxy) is 1. The van der Waals surface area contributed by atoms with Crippen LogP contribution in [-0.4, -0.2) is 36.2 Å². The van der Waals surface area contributed by atoms with E-state index in [4.69, 9.17) is 16.2 Å². The van der Waals surface area contributed by atoms with Gasteiger partial charge in [-0.15, -0.1) is 0 Å². The molecule has 2 rings (SSSR count). The van der Waals surface area contributed by atoms with Crippen LogP contribution in [0.4, 0.5) is 4.79 Å². The number of benzene rings is 1. The first-order chi connectivity index (χ1) is 8.16. The lowest BCUT2D eigenvalue weighted by Gasteiger charge is -2.15. The molecule has 1 heterocycles. The van der Waals surface area contributed by atoms with Gasteiger partial charge in [0.25, 0.3) is 0 Å². The predicted molar refractivity (Wildman–Crippen MR) is 64.2 cm³/mol. The summed E-state index contributed by atoms with van der Waals surface area (Å²) < 4.78 is 5.18. The Bertz CT molecular complexity index is 373. The van der Waals surface area contributed by atoms with Crippen LogP contribution >= 0.6 is 0 Å². The highest BCUT2D eigenvalue weighted by Crippen LogP contribution is 2.09. The zero-order valence-corrected chi connectivity index (χ0v) is 9.58. The van der Waals surface area contributed by atoms with Crippen LogP contribution in [0.2, 0.25) is 0 Å². The monoisotopic (exact) mass is 235 g/mol. The molecule has 0 radical (unpaired) electrons. The first-order valence-corrected chi connectivity index (χ1v) is 5.63. The molecule has 1 fully saturated rings. The Morgan fingerprint density at radius 1 is 1.24 bits per heavy atom. The SMILES string of the molecule is NC1CN(C(=O)OCc2ccccc2)CC1N. The van der Waals surface area contributed by atoms with Crippen molar-refractivity contribution >= 4 is 6.09 Å². The number of carbonyl (C=O) groups is 1. The van der Waals surface area contributed by atoms with E-state index in [9.17, 15) is 4.79 Å². The highest BCUT2D eigenvalue weighted by molar-refractivity contribution is 5.68. The van der Waals surface area contributed by atoms with Crippen molar-refractivity contribution in [3.05, 3.63) is 35.9 Å². The average molecular weight is 235 g/mol. The minimum atomic E-state index is -0.350. The van der Waals surface area contributed by atoms with Crippen LogP contribution in [-0.2, 0) is 11.3 Å². The largest absolute Gasteiger partial charge is 0.445 e. The molecule has 5 heteroatoms. The minimum Gasteiger partial charge on any atom is -0.445 e. The molecule has 1 saturated heterocycles. The first-order valence-electron chi connectivity index (χ1n) is 5.63. The van der Waals surface area contributed by atoms with Gasteiger partial charge in [0.1, 0.15) is 6.61 Å². The Morgan fingerprint density at radius 3 is 2.41 bits per heavy atom. The summed E-state index contributed by atoms with van der Waals surface area (Å²) in [5.74, 6) is 0. The summed E-state index contributed by atoms with van der Waals surface area (Å²) in [4.78, 5) is 13.3. The van der Waals surface area contributed by atoms with Crippen molar-refractivity contribution < 1.29 is 9.53 Å². The summed E-state index contributed by atoms with van der Waals surface area (Å²) in [6.07, 6.45) is -0.350. The lowest BCUT2D eigenvalue weighted by molar-refractivity contribution is 0.103. The molecule has 0 bridgehead atoms. The topological polar surface area (TPSA) is 81.6 Å². The molecule has 0 aromatic heterocycles. The maximum atomic E-state index is 11.7. The Hall–Kier alpha value is -1.59. The molecule has 1 aliphatic heterocycles. The molecule has 2 atom stereocenters. The lowest BCUT2D eigenvalue weighted by atomic mass is 10.2. The molecular weight excluding hydrogens is 218 g/mol. The van der Waals surface area contributed by atoms with E-state index >= 15 is 0 Å². The summed E-state index contributed by atoms with van der Waals surface area (Å²) >= 11 is 0. The maximum Gasteiger partial charge on any atom is 0.410 e. The maximum absolute atomic E-state index is 11.7. The third-order valence-corrected chi connectivity index (χ3v) is 2.88. The van der Waals surface area contributed by atoms with Gasteiger partial charge < -0.3 is 21.1 Å². The van der Waals surface area contributed by atoms with Crippen LogP contribution in [0.5, 0.6) is 0 Å². The number of rotatable bonds is 2. The van der Waals surface area contributed by atoms with E-state index in [1.807, 2.05) is 30.3 Å². The van der Waals surface area contributed by atoms with Crippen molar-refractivity contribution in [2.24, 2.45) is 11.5 Å². The van der Waals surface area contributed by atoms with E-state index in [0.717, 1.165) is 5.56 Å². The zero-order chi connectivity index (χ0) is 12.3. The second-order valence-electron chi connectivity index (χ2n) is 4.27. The number of hydrogen-bond donors (Lipinski definition) is 2. The van der Waals surface area contributed by atoms with Gasteiger partial charge in [0.2, 0.25) is 0 Å². The zero-order valence-electron chi connectivity index (χ0n) is 9.58. The van der Waals surface area contributed by atoms with Gasteiger partial charge in [0, 0.05) is 25.2 Å². The van der Waals surface area contributed by atoms with Gasteiger partial charge >= 0.3 is 6.09 Å². The van der Waals surface area contributed by atoms with Gasteiger partial charge in [-0.25, -0.2) is 4.79 Å². The van der Waals surface area contributed by atoms with E-state index in [1.54, 1.807) is 4.90 Å². The van der Waals surface area contributed by atoms with Crippen molar-refractivity contribution in [2.45, 2.75) is 18.7 Å². The summed E-state index contributed by atoms with van der Waals surface area (Å²) in [6.45, 7) is 1.21. The number of nitrogens with two attached hydrogens (primary N) is 2. The van der Waals surface area contributed by atoms with Crippen molar-refractivity contribution in [2.75, 3.05) is 13.1 Å². The van der Waals surface area contributed by atoms with Crippen LogP contribution in [0, 0.1) is 0 Å². The average Bonchev–Trinajstić information content (AvgIpc) is 2.68. The summed E-state index contributed by atoms with van der Waals surface area (Å²) in [5, 5.41) is 0. The first kappa shape index (κ1) is 11.9. The van der Waals surface area contributed by atoms with E-state index in [2.05, 4.69) is 0 Å². The Balaban J connectivity index is 1.82. The molecule has 92 valence electrons. The molecule has 1 amide bonds. The van der Waals surface area contributed by atoms with Crippen LogP contribution in [0.3, 0.4) is 0 Å². The fraction of sp³-hybridized carbons (Fsp3) is 0.417. The fourth-order valence-electron chi connectivity index (χ4n) is 1.81. The quantitative estimate of drug-likeness (QED) is 0.772. The molecule has 0 spiro atoms. The van der Waals surface area contributed by atoms with Gasteiger partial charge in [0.15, 0.2) is 0 Å². The molecule has 5 nitrogen and oxygen atoms in total. The van der Waals surface area contributed by atoms with Gasteiger partial charge in [-0.05, 0) is 5.56 Å². The van der Waals surface area contributed by atoms with Crippen molar-refractivity contribution in [3.63, 3.8) is 0 Å². The molecule has 1 aromatic rings. The number of likely N-dealkylation sites (tertiary alicyclic amines) is 1. The summed E-state index contributed by atoms with van der Waals surface area (Å²) in [5.41, 5.74) is 12.4. The molecule has 17 heavy (non-hydrogen) atoms. The van der Waals surface area contributed by atoms with Gasteiger partial charge in [0.05, 0.1) is 0 Å². The summed E-state index contributed by atoms with van der Waals surface area (Å²) in [6, 6.07) is 9.25. The fourth-order valence-corrected chi connectivity index (χ4v) is 1.81. The molecule has 4 N–H and O–H groups in total. The highest BCUT2D eigenvalue weighted by atomic mass is 16.6. The smallest absolute Gasteiger partial charge is 0.410 e. The number of nitrogens with zero attached hydrogens (tertiary/aromatic N) is 1. The van der Waals surface area contributed by atoms with Gasteiger partial charge in [-0.1, -0.05) is 30.3 Å². The van der Waals surface area contributed by atoms with Gasteiger partial charge in [-0.3, -0.25) is 0 Å². The Morgan fingerprint density at radius 2 is 1.82 bits per heavy atom.